The van der Waals surface area contributed by atoms with Gasteiger partial charge in [0.1, 0.15) is 16.8 Å². The molecule has 5 aromatic carbocycles. The maximum absolute atomic E-state index is 12.1. The van der Waals surface area contributed by atoms with Gasteiger partial charge in [-0.05, 0) is 90.1 Å². The molecule has 5 aromatic rings. The molecule has 0 bridgehead atoms. The highest BCUT2D eigenvalue weighted by Gasteiger charge is 2.25. The van der Waals surface area contributed by atoms with Gasteiger partial charge < -0.3 is 61.3 Å². The Morgan fingerprint density at radius 3 is 1.08 bits per heavy atom. The van der Waals surface area contributed by atoms with Gasteiger partial charge in [0.2, 0.25) is 0 Å². The number of ether oxygens (including phenoxy) is 5. The van der Waals surface area contributed by atoms with Crippen LogP contribution in [0.1, 0.15) is 120 Å². The average molecular weight is 1280 g/mol. The van der Waals surface area contributed by atoms with Gasteiger partial charge in [-0.1, -0.05) is 152 Å². The van der Waals surface area contributed by atoms with E-state index in [-0.39, 0.29) is 68.9 Å². The van der Waals surface area contributed by atoms with Gasteiger partial charge in [-0.3, -0.25) is 14.0 Å². The lowest BCUT2D eigenvalue weighted by atomic mass is 10.1. The van der Waals surface area contributed by atoms with Crippen LogP contribution in [0.5, 0.6) is 0 Å². The minimum absolute atomic E-state index is 0. The minimum Gasteiger partial charge on any atom is -0.444 e. The number of nitrogens with two attached hydrogens (primary N) is 2. The third kappa shape index (κ3) is 36.9. The number of rotatable bonds is 17. The molecular formula is C64H97Cl2N7O13S. The van der Waals surface area contributed by atoms with E-state index in [1.165, 1.54) is 5.56 Å². The molecule has 23 heteroatoms. The summed E-state index contributed by atoms with van der Waals surface area (Å²) in [6, 6.07) is 46.8. The molecule has 3 amide bonds. The first-order valence-corrected chi connectivity index (χ1v) is 30.4. The molecule has 87 heavy (non-hydrogen) atoms. The molecule has 0 spiro atoms. The second-order valence-electron chi connectivity index (χ2n) is 23.0. The van der Waals surface area contributed by atoms with Crippen LogP contribution in [0.15, 0.2) is 152 Å². The van der Waals surface area contributed by atoms with E-state index in [0.29, 0.717) is 0 Å². The number of alkyl carbamates (subject to hydrolysis) is 3. The standard InChI is InChI=1S/C17H26N2O3.C14H21NO5S.C13H19NO3.C12H18N2O.C8H11NO.2ClH/c1-17(2,3)22-16(20)18-15(14-7-5-4-6-8-14)13-19-9-11-21-12-10-19;1-14(2,3)20-13(16)15-12(10-19-21(4,17)18)11-8-6-5-7-9-11;1-13(2,3)17-12(16)14-11(9-15)10-7-5-4-6-8-10;13-12(11-4-2-1-3-5-11)10-14-6-8-15-9-7-14;9-8(6-10)7-4-2-1-3-5-7;;/h4-8,15H,9-13H2,1-3H3,(H,18,20);5-9,12H,10H2,1-4H3,(H,15,16);4-8,11,15H,9H2,1-3H3,(H,14,16);1-5,12H,6-10,13H2;1-5,8,10H,6,9H2;2*1H/t15-;12-;11-;12-;8-;;/m11111../s1. The van der Waals surface area contributed by atoms with Crippen LogP contribution in [0.25, 0.3) is 0 Å². The Bertz CT molecular complexity index is 2720. The lowest BCUT2D eigenvalue weighted by Gasteiger charge is -2.31. The number of morpholine rings is 2. The Hall–Kier alpha value is -5.92. The van der Waals surface area contributed by atoms with Crippen LogP contribution >= 0.6 is 24.8 Å². The van der Waals surface area contributed by atoms with E-state index in [9.17, 15) is 27.9 Å². The van der Waals surface area contributed by atoms with E-state index in [4.69, 9.17) is 44.4 Å². The van der Waals surface area contributed by atoms with Crippen molar-refractivity contribution in [3.8, 4) is 0 Å². The number of halogens is 2. The zero-order chi connectivity index (χ0) is 62.9. The summed E-state index contributed by atoms with van der Waals surface area (Å²) < 4.78 is 53.4. The molecule has 0 aromatic heterocycles. The molecule has 20 nitrogen and oxygen atoms in total. The lowest BCUT2D eigenvalue weighted by Crippen LogP contribution is -2.44. The SMILES string of the molecule is CC(C)(C)OC(=O)N[C@H](CN1CCOCC1)c1ccccc1.CC(C)(C)OC(=O)N[C@H](CO)c1ccccc1.CC(C)(C)OC(=O)N[C@H](COS(C)(=O)=O)c1ccccc1.Cl.Cl.N[C@H](CN1CCOCC1)c1ccccc1.N[C@H](CO)c1ccccc1. The van der Waals surface area contributed by atoms with Gasteiger partial charge in [-0.15, -0.1) is 24.8 Å². The highest BCUT2D eigenvalue weighted by Crippen LogP contribution is 2.20. The number of carbonyl (C=O) groups is 3. The number of hydrogen-bond donors (Lipinski definition) is 7. The van der Waals surface area contributed by atoms with E-state index in [1.54, 1.807) is 65.8 Å². The molecule has 0 unspecified atom stereocenters. The predicted octanol–water partition coefficient (Wildman–Crippen LogP) is 9.60. The Kier molecular flexibility index (Phi) is 37.6. The van der Waals surface area contributed by atoms with Crippen molar-refractivity contribution in [3.63, 3.8) is 0 Å². The van der Waals surface area contributed by atoms with Crippen LogP contribution in [-0.4, -0.2) is 155 Å². The first kappa shape index (κ1) is 79.1. The molecule has 486 valence electrons. The molecule has 2 aliphatic heterocycles. The van der Waals surface area contributed by atoms with Crippen molar-refractivity contribution in [2.45, 2.75) is 109 Å². The summed E-state index contributed by atoms with van der Waals surface area (Å²) in [7, 11) is -3.59. The van der Waals surface area contributed by atoms with Crippen LogP contribution in [0.3, 0.4) is 0 Å². The Morgan fingerprint density at radius 2 is 0.759 bits per heavy atom. The molecule has 7 rings (SSSR count). The summed E-state index contributed by atoms with van der Waals surface area (Å²) in [5.74, 6) is 0. The molecule has 9 N–H and O–H groups in total. The maximum atomic E-state index is 12.1. The van der Waals surface area contributed by atoms with Crippen molar-refractivity contribution in [2.75, 3.05) is 91.8 Å². The third-order valence-electron chi connectivity index (χ3n) is 12.1. The van der Waals surface area contributed by atoms with Crippen molar-refractivity contribution in [1.82, 2.24) is 25.8 Å². The number of nitrogens with one attached hydrogen (secondary N) is 3. The van der Waals surface area contributed by atoms with Gasteiger partial charge in [0.25, 0.3) is 10.1 Å². The molecular weight excluding hydrogens is 1180 g/mol. The number of carbonyl (C=O) groups excluding carboxylic acids is 3. The summed E-state index contributed by atoms with van der Waals surface area (Å²) >= 11 is 0. The molecule has 5 atom stereocenters. The second kappa shape index (κ2) is 41.3. The van der Waals surface area contributed by atoms with E-state index in [1.807, 2.05) is 136 Å². The predicted molar refractivity (Wildman–Crippen MR) is 346 cm³/mol. The number of nitrogens with zero attached hydrogens (tertiary/aromatic N) is 2. The fourth-order valence-corrected chi connectivity index (χ4v) is 8.39. The first-order valence-electron chi connectivity index (χ1n) is 28.5. The van der Waals surface area contributed by atoms with E-state index in [0.717, 1.165) is 94.2 Å². The normalized spacial score (nSPS) is 15.2. The third-order valence-corrected chi connectivity index (χ3v) is 12.6. The Morgan fingerprint density at radius 1 is 0.471 bits per heavy atom. The van der Waals surface area contributed by atoms with Gasteiger partial charge in [0, 0.05) is 45.3 Å². The smallest absolute Gasteiger partial charge is 0.408 e. The fraction of sp³-hybridized carbons (Fsp3) is 0.484. The second-order valence-corrected chi connectivity index (χ2v) is 24.7. The van der Waals surface area contributed by atoms with Gasteiger partial charge in [0.05, 0.1) is 76.7 Å². The van der Waals surface area contributed by atoms with Crippen molar-refractivity contribution in [3.05, 3.63) is 179 Å². The molecule has 0 saturated carbocycles. The van der Waals surface area contributed by atoms with Crippen LogP contribution in [0.4, 0.5) is 14.4 Å². The average Bonchev–Trinajstić information content (AvgIpc) is 3.54. The molecule has 2 fully saturated rings. The molecule has 0 radical (unpaired) electrons. The number of amides is 3. The van der Waals surface area contributed by atoms with Gasteiger partial charge in [-0.25, -0.2) is 14.4 Å². The number of aliphatic hydroxyl groups excluding tert-OH is 2. The van der Waals surface area contributed by atoms with Crippen LogP contribution in [0.2, 0.25) is 0 Å². The first-order chi connectivity index (χ1) is 40.1. The monoisotopic (exact) mass is 1270 g/mol. The van der Waals surface area contributed by atoms with E-state index >= 15 is 0 Å². The summed E-state index contributed by atoms with van der Waals surface area (Å²) in [6.07, 6.45) is -0.578. The lowest BCUT2D eigenvalue weighted by molar-refractivity contribution is 0.0288. The zero-order valence-electron chi connectivity index (χ0n) is 52.2. The van der Waals surface area contributed by atoms with Crippen molar-refractivity contribution in [1.29, 1.82) is 0 Å². The highest BCUT2D eigenvalue weighted by molar-refractivity contribution is 7.86. The highest BCUT2D eigenvalue weighted by atomic mass is 35.5. The van der Waals surface area contributed by atoms with Crippen molar-refractivity contribution in [2.24, 2.45) is 11.5 Å². The number of aliphatic hydroxyl groups is 2. The summed E-state index contributed by atoms with van der Waals surface area (Å²) in [5, 5.41) is 26.2. The minimum atomic E-state index is -3.59. The van der Waals surface area contributed by atoms with Gasteiger partial charge in [-0.2, -0.15) is 8.42 Å². The van der Waals surface area contributed by atoms with Crippen molar-refractivity contribution >= 4 is 53.2 Å². The van der Waals surface area contributed by atoms with Crippen LogP contribution in [-0.2, 0) is 38.0 Å². The fourth-order valence-electron chi connectivity index (χ4n) is 8.00. The van der Waals surface area contributed by atoms with Gasteiger partial charge in [0.15, 0.2) is 0 Å². The maximum Gasteiger partial charge on any atom is 0.408 e. The largest absolute Gasteiger partial charge is 0.444 e. The molecule has 2 aliphatic rings. The van der Waals surface area contributed by atoms with Crippen molar-refractivity contribution < 1.29 is 60.9 Å². The summed E-state index contributed by atoms with van der Waals surface area (Å²) in [4.78, 5) is 40.2. The van der Waals surface area contributed by atoms with E-state index < -0.39 is 51.2 Å². The number of hydrogen-bond acceptors (Lipinski definition) is 17. The van der Waals surface area contributed by atoms with Crippen LogP contribution < -0.4 is 27.4 Å². The summed E-state index contributed by atoms with van der Waals surface area (Å²) in [6.45, 7) is 24.5. The quantitative estimate of drug-likeness (QED) is 0.0337. The Balaban J connectivity index is 0.000000551. The molecule has 2 heterocycles. The zero-order valence-corrected chi connectivity index (χ0v) is 54.6. The Labute approximate surface area is 529 Å². The molecule has 0 aliphatic carbocycles. The van der Waals surface area contributed by atoms with Crippen LogP contribution in [0, 0.1) is 0 Å². The number of benzene rings is 5. The molecule has 2 saturated heterocycles. The topological polar surface area (TPSA) is 276 Å². The van der Waals surface area contributed by atoms with E-state index in [2.05, 4.69) is 37.9 Å². The van der Waals surface area contributed by atoms with Gasteiger partial charge >= 0.3 is 18.3 Å². The summed E-state index contributed by atoms with van der Waals surface area (Å²) in [5.41, 5.74) is 14.9.